The minimum absolute atomic E-state index is 0.106. The van der Waals surface area contributed by atoms with Crippen LogP contribution in [0.3, 0.4) is 0 Å². The van der Waals surface area contributed by atoms with Crippen LogP contribution in [0.25, 0.3) is 10.2 Å². The highest BCUT2D eigenvalue weighted by Gasteiger charge is 2.21. The molecule has 3 heterocycles. The number of benzene rings is 1. The van der Waals surface area contributed by atoms with Crippen LogP contribution in [0.2, 0.25) is 0 Å². The van der Waals surface area contributed by atoms with Crippen molar-refractivity contribution in [3.05, 3.63) is 80.6 Å². The van der Waals surface area contributed by atoms with Crippen molar-refractivity contribution >= 4 is 27.5 Å². The molecule has 1 aromatic carbocycles. The molecule has 4 rings (SSSR count). The van der Waals surface area contributed by atoms with Gasteiger partial charge in [-0.1, -0.05) is 18.2 Å². The van der Waals surface area contributed by atoms with Gasteiger partial charge < -0.3 is 24.0 Å². The number of nitrogens with zero attached hydrogens (tertiary/aromatic N) is 2. The molecule has 10 heteroatoms. The van der Waals surface area contributed by atoms with Crippen molar-refractivity contribution in [2.75, 3.05) is 20.3 Å². The van der Waals surface area contributed by atoms with Crippen LogP contribution in [0.4, 0.5) is 0 Å². The Morgan fingerprint density at radius 2 is 2.03 bits per heavy atom. The number of thiophene rings is 1. The predicted molar refractivity (Wildman–Crippen MR) is 132 cm³/mol. The van der Waals surface area contributed by atoms with Crippen LogP contribution in [-0.4, -0.2) is 52.3 Å². The monoisotopic (exact) mass is 497 g/mol. The van der Waals surface area contributed by atoms with Gasteiger partial charge in [-0.05, 0) is 43.2 Å². The molecule has 0 aliphatic rings. The van der Waals surface area contributed by atoms with E-state index < -0.39 is 12.1 Å². The van der Waals surface area contributed by atoms with Gasteiger partial charge in [-0.2, -0.15) is 0 Å². The van der Waals surface area contributed by atoms with Gasteiger partial charge in [-0.3, -0.25) is 9.69 Å². The number of aromatic nitrogens is 2. The third-order valence-electron chi connectivity index (χ3n) is 5.55. The number of esters is 1. The zero-order valence-corrected chi connectivity index (χ0v) is 20.6. The number of H-pyrrole nitrogens is 1. The standard InChI is InChI=1S/C25H27N3O6S/c1-15-7-4-5-9-19(15)34-14-17(29)11-28(12-18-8-6-10-33-18)13-20-26-23(30)21-16(2)22(25(31)32-3)35-24(21)27-20/h4-10,17,29H,11-14H2,1-3H3,(H,26,27,30). The Morgan fingerprint density at radius 3 is 2.74 bits per heavy atom. The van der Waals surface area contributed by atoms with E-state index >= 15 is 0 Å². The third-order valence-corrected chi connectivity index (χ3v) is 6.71. The molecular weight excluding hydrogens is 470 g/mol. The number of aliphatic hydroxyl groups is 1. The molecule has 184 valence electrons. The number of aliphatic hydroxyl groups excluding tert-OH is 1. The number of para-hydroxylation sites is 1. The number of furan rings is 1. The molecule has 0 amide bonds. The Labute approximate surface area is 205 Å². The molecule has 0 aliphatic carbocycles. The molecule has 2 N–H and O–H groups in total. The lowest BCUT2D eigenvalue weighted by Gasteiger charge is -2.24. The van der Waals surface area contributed by atoms with Gasteiger partial charge in [0.15, 0.2) is 0 Å². The van der Waals surface area contributed by atoms with Gasteiger partial charge in [0.1, 0.15) is 39.8 Å². The maximum atomic E-state index is 12.8. The van der Waals surface area contributed by atoms with Crippen molar-refractivity contribution in [2.24, 2.45) is 0 Å². The normalized spacial score (nSPS) is 12.3. The van der Waals surface area contributed by atoms with Crippen molar-refractivity contribution in [1.29, 1.82) is 0 Å². The fraction of sp³-hybridized carbons (Fsp3) is 0.320. The van der Waals surface area contributed by atoms with Crippen LogP contribution in [0.15, 0.2) is 51.9 Å². The first-order valence-electron chi connectivity index (χ1n) is 11.1. The summed E-state index contributed by atoms with van der Waals surface area (Å²) in [4.78, 5) is 35.0. The maximum absolute atomic E-state index is 12.8. The summed E-state index contributed by atoms with van der Waals surface area (Å²) in [6.07, 6.45) is 0.787. The van der Waals surface area contributed by atoms with Crippen molar-refractivity contribution in [1.82, 2.24) is 14.9 Å². The molecule has 0 spiro atoms. The van der Waals surface area contributed by atoms with E-state index in [0.29, 0.717) is 38.8 Å². The third kappa shape index (κ3) is 5.79. The second-order valence-electron chi connectivity index (χ2n) is 8.22. The number of hydrogen-bond donors (Lipinski definition) is 2. The highest BCUT2D eigenvalue weighted by atomic mass is 32.1. The Morgan fingerprint density at radius 1 is 1.23 bits per heavy atom. The maximum Gasteiger partial charge on any atom is 0.348 e. The number of rotatable bonds is 10. The highest BCUT2D eigenvalue weighted by Crippen LogP contribution is 2.27. The lowest BCUT2D eigenvalue weighted by Crippen LogP contribution is -2.35. The van der Waals surface area contributed by atoms with E-state index in [1.54, 1.807) is 19.3 Å². The summed E-state index contributed by atoms with van der Waals surface area (Å²) in [5, 5.41) is 11.1. The van der Waals surface area contributed by atoms with Crippen LogP contribution < -0.4 is 10.3 Å². The quantitative estimate of drug-likeness (QED) is 0.320. The summed E-state index contributed by atoms with van der Waals surface area (Å²) in [7, 11) is 1.30. The molecule has 9 nitrogen and oxygen atoms in total. The number of nitrogens with one attached hydrogen (secondary N) is 1. The molecule has 35 heavy (non-hydrogen) atoms. The second-order valence-corrected chi connectivity index (χ2v) is 9.22. The topological polar surface area (TPSA) is 118 Å². The summed E-state index contributed by atoms with van der Waals surface area (Å²) in [6, 6.07) is 11.2. The van der Waals surface area contributed by atoms with Crippen LogP contribution in [-0.2, 0) is 17.8 Å². The molecule has 1 atom stereocenters. The lowest BCUT2D eigenvalue weighted by atomic mass is 10.2. The Bertz CT molecular complexity index is 1360. The van der Waals surface area contributed by atoms with E-state index in [2.05, 4.69) is 9.97 Å². The molecule has 0 bridgehead atoms. The van der Waals surface area contributed by atoms with E-state index in [1.807, 2.05) is 42.2 Å². The Hall–Kier alpha value is -3.47. The number of fused-ring (bicyclic) bond motifs is 1. The van der Waals surface area contributed by atoms with Gasteiger partial charge in [-0.25, -0.2) is 9.78 Å². The van der Waals surface area contributed by atoms with Gasteiger partial charge in [0, 0.05) is 6.54 Å². The Balaban J connectivity index is 1.53. The van der Waals surface area contributed by atoms with Gasteiger partial charge in [0.2, 0.25) is 0 Å². The summed E-state index contributed by atoms with van der Waals surface area (Å²) in [5.41, 5.74) is 1.21. The van der Waals surface area contributed by atoms with Crippen molar-refractivity contribution in [2.45, 2.75) is 33.0 Å². The first-order chi connectivity index (χ1) is 16.9. The molecule has 0 fully saturated rings. The second kappa shape index (κ2) is 10.9. The van der Waals surface area contributed by atoms with Crippen LogP contribution in [0.5, 0.6) is 5.75 Å². The predicted octanol–water partition coefficient (Wildman–Crippen LogP) is 3.42. The zero-order chi connectivity index (χ0) is 24.9. The van der Waals surface area contributed by atoms with Crippen molar-refractivity contribution in [3.63, 3.8) is 0 Å². The minimum Gasteiger partial charge on any atom is -0.491 e. The van der Waals surface area contributed by atoms with Crippen molar-refractivity contribution < 1.29 is 23.8 Å². The van der Waals surface area contributed by atoms with E-state index in [4.69, 9.17) is 13.9 Å². The summed E-state index contributed by atoms with van der Waals surface area (Å²) >= 11 is 1.13. The van der Waals surface area contributed by atoms with Gasteiger partial charge in [0.05, 0.1) is 31.8 Å². The SMILES string of the molecule is COC(=O)c1sc2nc(CN(Cc3ccco3)CC(O)COc3ccccc3C)[nH]c(=O)c2c1C. The minimum atomic E-state index is -0.796. The number of aromatic amines is 1. The van der Waals surface area contributed by atoms with Gasteiger partial charge in [-0.15, -0.1) is 11.3 Å². The van der Waals surface area contributed by atoms with Crippen molar-refractivity contribution in [3.8, 4) is 5.75 Å². The van der Waals surface area contributed by atoms with E-state index in [0.717, 1.165) is 22.6 Å². The highest BCUT2D eigenvalue weighted by molar-refractivity contribution is 7.20. The number of carbonyl (C=O) groups is 1. The van der Waals surface area contributed by atoms with Crippen LogP contribution in [0, 0.1) is 13.8 Å². The fourth-order valence-corrected chi connectivity index (χ4v) is 4.94. The first-order valence-corrected chi connectivity index (χ1v) is 11.9. The van der Waals surface area contributed by atoms with Gasteiger partial charge in [0.25, 0.3) is 5.56 Å². The largest absolute Gasteiger partial charge is 0.491 e. The molecule has 0 saturated carbocycles. The zero-order valence-electron chi connectivity index (χ0n) is 19.7. The summed E-state index contributed by atoms with van der Waals surface area (Å²) in [5.74, 6) is 1.34. The number of carbonyl (C=O) groups excluding carboxylic acids is 1. The lowest BCUT2D eigenvalue weighted by molar-refractivity contribution is 0.0592. The summed E-state index contributed by atoms with van der Waals surface area (Å²) < 4.78 is 16.1. The number of hydrogen-bond acceptors (Lipinski definition) is 9. The molecule has 0 radical (unpaired) electrons. The fourth-order valence-electron chi connectivity index (χ4n) is 3.83. The molecule has 0 saturated heterocycles. The molecule has 0 aliphatic heterocycles. The average molecular weight is 498 g/mol. The number of aryl methyl sites for hydroxylation is 2. The number of ether oxygens (including phenoxy) is 2. The van der Waals surface area contributed by atoms with Crippen LogP contribution >= 0.6 is 11.3 Å². The van der Waals surface area contributed by atoms with Gasteiger partial charge >= 0.3 is 5.97 Å². The van der Waals surface area contributed by atoms with Crippen LogP contribution in [0.1, 0.15) is 32.4 Å². The Kier molecular flexibility index (Phi) is 7.64. The van der Waals surface area contributed by atoms with E-state index in [1.165, 1.54) is 7.11 Å². The average Bonchev–Trinajstić information content (AvgIpc) is 3.45. The molecular formula is C25H27N3O6S. The summed E-state index contributed by atoms with van der Waals surface area (Å²) in [6.45, 7) is 4.65. The molecule has 4 aromatic rings. The smallest absolute Gasteiger partial charge is 0.348 e. The molecule has 1 unspecified atom stereocenters. The number of methoxy groups -OCH3 is 1. The molecule has 3 aromatic heterocycles. The van der Waals surface area contributed by atoms with E-state index in [-0.39, 0.29) is 25.3 Å². The first kappa shape index (κ1) is 24.6. The van der Waals surface area contributed by atoms with E-state index in [9.17, 15) is 14.7 Å².